The van der Waals surface area contributed by atoms with E-state index in [1.54, 1.807) is 10.8 Å². The molecule has 0 saturated heterocycles. The number of hydrogen-bond donors (Lipinski definition) is 1. The van der Waals surface area contributed by atoms with Crippen molar-refractivity contribution < 1.29 is 14.6 Å². The third-order valence-corrected chi connectivity index (χ3v) is 2.33. The van der Waals surface area contributed by atoms with Gasteiger partial charge in [0.05, 0.1) is 5.02 Å². The molecule has 90 valence electrons. The zero-order valence-electron chi connectivity index (χ0n) is 9.28. The first-order chi connectivity index (χ1) is 7.65. The van der Waals surface area contributed by atoms with Crippen molar-refractivity contribution >= 4 is 17.6 Å². The van der Waals surface area contributed by atoms with Gasteiger partial charge in [-0.05, 0) is 18.9 Å². The zero-order chi connectivity index (χ0) is 12.0. The summed E-state index contributed by atoms with van der Waals surface area (Å²) in [5.74, 6) is -0.957. The number of carbonyl (C=O) groups is 1. The van der Waals surface area contributed by atoms with E-state index in [0.717, 1.165) is 19.4 Å². The van der Waals surface area contributed by atoms with Gasteiger partial charge in [-0.2, -0.15) is 0 Å². The number of aromatic nitrogens is 1. The maximum atomic E-state index is 10.9. The molecule has 0 aromatic carbocycles. The first-order valence-corrected chi connectivity index (χ1v) is 5.69. The van der Waals surface area contributed by atoms with Gasteiger partial charge in [0.25, 0.3) is 0 Å². The first-order valence-electron chi connectivity index (χ1n) is 5.32. The van der Waals surface area contributed by atoms with Gasteiger partial charge in [-0.25, -0.2) is 4.79 Å². The van der Waals surface area contributed by atoms with Crippen molar-refractivity contribution in [2.24, 2.45) is 0 Å². The highest BCUT2D eigenvalue weighted by molar-refractivity contribution is 6.30. The minimum absolute atomic E-state index is 0.223. The summed E-state index contributed by atoms with van der Waals surface area (Å²) in [6.45, 7) is 4.05. The van der Waals surface area contributed by atoms with Crippen molar-refractivity contribution in [1.29, 1.82) is 0 Å². The summed E-state index contributed by atoms with van der Waals surface area (Å²) in [5.41, 5.74) is 0.223. The molecule has 16 heavy (non-hydrogen) atoms. The van der Waals surface area contributed by atoms with Crippen molar-refractivity contribution in [2.45, 2.75) is 26.3 Å². The molecule has 5 heteroatoms. The summed E-state index contributed by atoms with van der Waals surface area (Å²) in [7, 11) is 0. The fourth-order valence-electron chi connectivity index (χ4n) is 1.42. The summed E-state index contributed by atoms with van der Waals surface area (Å²) in [4.78, 5) is 10.9. The van der Waals surface area contributed by atoms with Crippen LogP contribution >= 0.6 is 11.6 Å². The summed E-state index contributed by atoms with van der Waals surface area (Å²) in [5, 5.41) is 9.36. The second-order valence-corrected chi connectivity index (χ2v) is 3.94. The van der Waals surface area contributed by atoms with Gasteiger partial charge >= 0.3 is 5.97 Å². The van der Waals surface area contributed by atoms with E-state index in [1.165, 1.54) is 6.07 Å². The summed E-state index contributed by atoms with van der Waals surface area (Å²) >= 11 is 5.76. The van der Waals surface area contributed by atoms with Crippen LogP contribution in [0.1, 0.15) is 30.3 Å². The van der Waals surface area contributed by atoms with Gasteiger partial charge in [0.15, 0.2) is 0 Å². The molecule has 0 saturated carbocycles. The van der Waals surface area contributed by atoms with Gasteiger partial charge in [0, 0.05) is 26.0 Å². The summed E-state index contributed by atoms with van der Waals surface area (Å²) in [6, 6.07) is 1.46. The average molecular weight is 246 g/mol. The molecule has 0 fully saturated rings. The fraction of sp³-hybridized carbons (Fsp3) is 0.545. The van der Waals surface area contributed by atoms with Crippen molar-refractivity contribution in [3.05, 3.63) is 23.0 Å². The van der Waals surface area contributed by atoms with Gasteiger partial charge < -0.3 is 14.4 Å². The Morgan fingerprint density at radius 1 is 1.56 bits per heavy atom. The van der Waals surface area contributed by atoms with Crippen LogP contribution in [0.4, 0.5) is 0 Å². The summed E-state index contributed by atoms with van der Waals surface area (Å²) in [6.07, 6.45) is 3.41. The summed E-state index contributed by atoms with van der Waals surface area (Å²) < 4.78 is 6.96. The number of hydrogen-bond acceptors (Lipinski definition) is 2. The highest BCUT2D eigenvalue weighted by atomic mass is 35.5. The van der Waals surface area contributed by atoms with Crippen LogP contribution in [0.3, 0.4) is 0 Å². The Bertz CT molecular complexity index is 349. The second kappa shape index (κ2) is 6.55. The number of carboxylic acid groups (broad SMARTS) is 1. The van der Waals surface area contributed by atoms with Crippen LogP contribution in [0.2, 0.25) is 5.02 Å². The molecule has 1 aromatic heterocycles. The van der Waals surface area contributed by atoms with Gasteiger partial charge in [0.1, 0.15) is 5.69 Å². The molecule has 1 rings (SSSR count). The zero-order valence-corrected chi connectivity index (χ0v) is 10.0. The molecule has 0 bridgehead atoms. The average Bonchev–Trinajstić information content (AvgIpc) is 2.59. The number of aromatic carboxylic acids is 1. The molecule has 0 atom stereocenters. The van der Waals surface area contributed by atoms with Crippen molar-refractivity contribution in [2.75, 3.05) is 13.2 Å². The van der Waals surface area contributed by atoms with Crippen LogP contribution in [-0.4, -0.2) is 28.9 Å². The second-order valence-electron chi connectivity index (χ2n) is 3.51. The molecule has 0 spiro atoms. The van der Waals surface area contributed by atoms with E-state index >= 15 is 0 Å². The van der Waals surface area contributed by atoms with Crippen molar-refractivity contribution in [3.63, 3.8) is 0 Å². The molecule has 4 nitrogen and oxygen atoms in total. The molecule has 0 unspecified atom stereocenters. The van der Waals surface area contributed by atoms with Crippen LogP contribution in [0, 0.1) is 0 Å². The predicted molar refractivity (Wildman–Crippen MR) is 62.1 cm³/mol. The number of halogens is 1. The minimum Gasteiger partial charge on any atom is -0.477 e. The van der Waals surface area contributed by atoms with E-state index in [9.17, 15) is 4.79 Å². The van der Waals surface area contributed by atoms with E-state index in [-0.39, 0.29) is 5.69 Å². The number of aryl methyl sites for hydroxylation is 1. The third-order valence-electron chi connectivity index (χ3n) is 2.12. The number of rotatable bonds is 7. The molecular formula is C11H16ClNO3. The normalized spacial score (nSPS) is 10.6. The third kappa shape index (κ3) is 3.87. The highest BCUT2D eigenvalue weighted by Crippen LogP contribution is 2.14. The fourth-order valence-corrected chi connectivity index (χ4v) is 1.64. The Morgan fingerprint density at radius 3 is 2.94 bits per heavy atom. The molecule has 1 aromatic rings. The molecule has 0 aliphatic rings. The monoisotopic (exact) mass is 245 g/mol. The van der Waals surface area contributed by atoms with E-state index in [4.69, 9.17) is 21.4 Å². The van der Waals surface area contributed by atoms with E-state index < -0.39 is 5.97 Å². The van der Waals surface area contributed by atoms with Gasteiger partial charge in [-0.3, -0.25) is 0 Å². The Hall–Kier alpha value is -1.00. The Kier molecular flexibility index (Phi) is 5.35. The largest absolute Gasteiger partial charge is 0.477 e. The lowest BCUT2D eigenvalue weighted by molar-refractivity contribution is 0.0683. The quantitative estimate of drug-likeness (QED) is 0.752. The van der Waals surface area contributed by atoms with E-state index in [0.29, 0.717) is 18.2 Å². The molecule has 0 radical (unpaired) electrons. The van der Waals surface area contributed by atoms with Gasteiger partial charge in [-0.1, -0.05) is 18.5 Å². The first kappa shape index (κ1) is 13.1. The number of ether oxygens (including phenoxy) is 1. The lowest BCUT2D eigenvalue weighted by Gasteiger charge is -2.06. The molecule has 0 amide bonds. The SMILES string of the molecule is CCCOCCCn1cc(Cl)cc1C(=O)O. The van der Waals surface area contributed by atoms with Crippen LogP contribution in [0.5, 0.6) is 0 Å². The molecule has 1 heterocycles. The maximum absolute atomic E-state index is 10.9. The van der Waals surface area contributed by atoms with Crippen LogP contribution in [0.15, 0.2) is 12.3 Å². The molecule has 0 aliphatic carbocycles. The standard InChI is InChI=1S/C11H16ClNO3/c1-2-5-16-6-3-4-13-8-9(12)7-10(13)11(14)15/h7-8H,2-6H2,1H3,(H,14,15). The van der Waals surface area contributed by atoms with Crippen LogP contribution in [0.25, 0.3) is 0 Å². The van der Waals surface area contributed by atoms with Crippen molar-refractivity contribution in [3.8, 4) is 0 Å². The Morgan fingerprint density at radius 2 is 2.31 bits per heavy atom. The van der Waals surface area contributed by atoms with Gasteiger partial charge in [0.2, 0.25) is 0 Å². The minimum atomic E-state index is -0.957. The smallest absolute Gasteiger partial charge is 0.352 e. The molecule has 0 aliphatic heterocycles. The van der Waals surface area contributed by atoms with Crippen LogP contribution in [-0.2, 0) is 11.3 Å². The van der Waals surface area contributed by atoms with Crippen molar-refractivity contribution in [1.82, 2.24) is 4.57 Å². The van der Waals surface area contributed by atoms with E-state index in [1.807, 2.05) is 6.92 Å². The topological polar surface area (TPSA) is 51.5 Å². The number of carboxylic acids is 1. The highest BCUT2D eigenvalue weighted by Gasteiger charge is 2.10. The lowest BCUT2D eigenvalue weighted by Crippen LogP contribution is -2.09. The molecular weight excluding hydrogens is 230 g/mol. The number of nitrogens with zero attached hydrogens (tertiary/aromatic N) is 1. The van der Waals surface area contributed by atoms with Crippen LogP contribution < -0.4 is 0 Å². The Balaban J connectivity index is 2.44. The maximum Gasteiger partial charge on any atom is 0.352 e. The molecule has 1 N–H and O–H groups in total. The predicted octanol–water partition coefficient (Wildman–Crippen LogP) is 2.66. The van der Waals surface area contributed by atoms with E-state index in [2.05, 4.69) is 0 Å². The lowest BCUT2D eigenvalue weighted by atomic mass is 10.4. The van der Waals surface area contributed by atoms with Gasteiger partial charge in [-0.15, -0.1) is 0 Å². The Labute approximate surface area is 99.8 Å².